The van der Waals surface area contributed by atoms with Gasteiger partial charge in [0.25, 0.3) is 0 Å². The van der Waals surface area contributed by atoms with E-state index in [1.165, 1.54) is 18.4 Å². The van der Waals surface area contributed by atoms with Crippen molar-refractivity contribution in [2.24, 2.45) is 0 Å². The predicted molar refractivity (Wildman–Crippen MR) is 49.4 cm³/mol. The van der Waals surface area contributed by atoms with E-state index in [-0.39, 0.29) is 5.43 Å². The van der Waals surface area contributed by atoms with Crippen molar-refractivity contribution in [1.82, 2.24) is 0 Å². The fourth-order valence-corrected chi connectivity index (χ4v) is 1.81. The van der Waals surface area contributed by atoms with Crippen molar-refractivity contribution in [3.63, 3.8) is 0 Å². The lowest BCUT2D eigenvalue weighted by molar-refractivity contribution is 0.684. The van der Waals surface area contributed by atoms with Crippen molar-refractivity contribution in [2.75, 3.05) is 0 Å². The van der Waals surface area contributed by atoms with Crippen molar-refractivity contribution in [2.45, 2.75) is 25.7 Å². The van der Waals surface area contributed by atoms with Gasteiger partial charge in [0.15, 0.2) is 5.43 Å². The van der Waals surface area contributed by atoms with E-state index in [2.05, 4.69) is 6.07 Å². The van der Waals surface area contributed by atoms with E-state index in [9.17, 15) is 4.79 Å². The van der Waals surface area contributed by atoms with E-state index in [1.807, 2.05) is 12.1 Å². The van der Waals surface area contributed by atoms with E-state index < -0.39 is 0 Å². The Morgan fingerprint density at radius 1 is 1.00 bits per heavy atom. The molecular weight excluding hydrogens is 148 g/mol. The molecule has 0 aliphatic heterocycles. The Morgan fingerprint density at radius 2 is 1.75 bits per heavy atom. The van der Waals surface area contributed by atoms with Gasteiger partial charge in [0.2, 0.25) is 0 Å². The summed E-state index contributed by atoms with van der Waals surface area (Å²) in [5.74, 6) is 0. The van der Waals surface area contributed by atoms with Gasteiger partial charge >= 0.3 is 0 Å². The summed E-state index contributed by atoms with van der Waals surface area (Å²) in [6.07, 6.45) is 4.46. The zero-order chi connectivity index (χ0) is 8.39. The molecule has 1 heteroatoms. The fraction of sp³-hybridized carbons (Fsp3) is 0.364. The molecule has 1 nitrogen and oxygen atoms in total. The van der Waals surface area contributed by atoms with Crippen LogP contribution in [-0.4, -0.2) is 0 Å². The average molecular weight is 160 g/mol. The molecule has 1 aliphatic carbocycles. The van der Waals surface area contributed by atoms with Gasteiger partial charge in [-0.2, -0.15) is 0 Å². The maximum atomic E-state index is 11.5. The van der Waals surface area contributed by atoms with Crippen molar-refractivity contribution >= 4 is 0 Å². The molecule has 12 heavy (non-hydrogen) atoms. The monoisotopic (exact) mass is 160 g/mol. The SMILES string of the molecule is O=c1ccccc2c1CCCC2. The first kappa shape index (κ1) is 7.53. The first-order valence-corrected chi connectivity index (χ1v) is 4.49. The lowest BCUT2D eigenvalue weighted by atomic mass is 9.94. The van der Waals surface area contributed by atoms with E-state index >= 15 is 0 Å². The van der Waals surface area contributed by atoms with Crippen LogP contribution in [0.1, 0.15) is 24.0 Å². The van der Waals surface area contributed by atoms with Crippen LogP contribution < -0.4 is 5.43 Å². The summed E-state index contributed by atoms with van der Waals surface area (Å²) in [5, 5.41) is 0. The highest BCUT2D eigenvalue weighted by molar-refractivity contribution is 5.27. The quantitative estimate of drug-likeness (QED) is 0.566. The highest BCUT2D eigenvalue weighted by atomic mass is 16.1. The molecule has 0 spiro atoms. The molecule has 0 atom stereocenters. The molecule has 0 radical (unpaired) electrons. The summed E-state index contributed by atoms with van der Waals surface area (Å²) >= 11 is 0. The number of fused-ring (bicyclic) bond motifs is 1. The molecule has 1 aromatic carbocycles. The predicted octanol–water partition coefficient (Wildman–Crippen LogP) is 1.93. The second-order valence-corrected chi connectivity index (χ2v) is 3.29. The minimum atomic E-state index is 0.217. The average Bonchev–Trinajstić information content (AvgIpc) is 2.29. The Balaban J connectivity index is 2.65. The van der Waals surface area contributed by atoms with Crippen molar-refractivity contribution < 1.29 is 0 Å². The highest BCUT2D eigenvalue weighted by Crippen LogP contribution is 2.16. The van der Waals surface area contributed by atoms with Crippen LogP contribution in [0.5, 0.6) is 0 Å². The molecule has 0 saturated heterocycles. The largest absolute Gasteiger partial charge is 0.290 e. The van der Waals surface area contributed by atoms with Crippen molar-refractivity contribution in [3.05, 3.63) is 45.6 Å². The minimum Gasteiger partial charge on any atom is -0.290 e. The van der Waals surface area contributed by atoms with Crippen LogP contribution in [0.4, 0.5) is 0 Å². The summed E-state index contributed by atoms with van der Waals surface area (Å²) in [4.78, 5) is 11.5. The molecule has 0 fully saturated rings. The Morgan fingerprint density at radius 3 is 2.67 bits per heavy atom. The molecule has 1 aliphatic rings. The van der Waals surface area contributed by atoms with Gasteiger partial charge in [-0.1, -0.05) is 18.2 Å². The van der Waals surface area contributed by atoms with E-state index in [0.29, 0.717) is 0 Å². The maximum absolute atomic E-state index is 11.5. The molecule has 0 aromatic heterocycles. The summed E-state index contributed by atoms with van der Waals surface area (Å²) in [5.41, 5.74) is 2.53. The smallest absolute Gasteiger partial charge is 0.182 e. The molecule has 0 saturated carbocycles. The first-order chi connectivity index (χ1) is 5.88. The van der Waals surface area contributed by atoms with Crippen molar-refractivity contribution in [3.8, 4) is 0 Å². The molecule has 1 aromatic rings. The third-order valence-electron chi connectivity index (χ3n) is 2.46. The van der Waals surface area contributed by atoms with Gasteiger partial charge in [0, 0.05) is 5.56 Å². The second-order valence-electron chi connectivity index (χ2n) is 3.29. The molecule has 0 heterocycles. The second kappa shape index (κ2) is 3.10. The maximum Gasteiger partial charge on any atom is 0.182 e. The van der Waals surface area contributed by atoms with Crippen LogP contribution >= 0.6 is 0 Å². The first-order valence-electron chi connectivity index (χ1n) is 4.49. The number of rotatable bonds is 0. The van der Waals surface area contributed by atoms with Gasteiger partial charge in [-0.15, -0.1) is 0 Å². The topological polar surface area (TPSA) is 17.1 Å². The van der Waals surface area contributed by atoms with Crippen LogP contribution in [-0.2, 0) is 12.8 Å². The van der Waals surface area contributed by atoms with Gasteiger partial charge < -0.3 is 0 Å². The molecule has 0 amide bonds. The Bertz CT molecular complexity index is 341. The summed E-state index contributed by atoms with van der Waals surface area (Å²) in [6, 6.07) is 7.55. The van der Waals surface area contributed by atoms with Crippen LogP contribution in [0.15, 0.2) is 29.1 Å². The molecular formula is C11H12O. The summed E-state index contributed by atoms with van der Waals surface area (Å²) in [7, 11) is 0. The lowest BCUT2D eigenvalue weighted by Gasteiger charge is -2.11. The Kier molecular flexibility index (Phi) is 1.94. The standard InChI is InChI=1S/C11H12O/c12-11-8-4-2-6-9-5-1-3-7-10(9)11/h2,4,6,8H,1,3,5,7H2. The van der Waals surface area contributed by atoms with Gasteiger partial charge in [-0.25, -0.2) is 0 Å². The number of aryl methyl sites for hydroxylation is 1. The Hall–Kier alpha value is -1.11. The third-order valence-corrected chi connectivity index (χ3v) is 2.46. The van der Waals surface area contributed by atoms with Gasteiger partial charge in [0.05, 0.1) is 0 Å². The van der Waals surface area contributed by atoms with E-state index in [1.54, 1.807) is 6.07 Å². The zero-order valence-electron chi connectivity index (χ0n) is 7.05. The zero-order valence-corrected chi connectivity index (χ0v) is 7.05. The molecule has 0 unspecified atom stereocenters. The number of hydrogen-bond donors (Lipinski definition) is 0. The van der Waals surface area contributed by atoms with Crippen molar-refractivity contribution in [1.29, 1.82) is 0 Å². The molecule has 0 N–H and O–H groups in total. The van der Waals surface area contributed by atoms with Crippen LogP contribution in [0.3, 0.4) is 0 Å². The van der Waals surface area contributed by atoms with Crippen LogP contribution in [0, 0.1) is 0 Å². The van der Waals surface area contributed by atoms with Crippen LogP contribution in [0.25, 0.3) is 0 Å². The van der Waals surface area contributed by atoms with E-state index in [4.69, 9.17) is 0 Å². The third kappa shape index (κ3) is 1.27. The number of hydrogen-bond acceptors (Lipinski definition) is 1. The minimum absolute atomic E-state index is 0.217. The van der Waals surface area contributed by atoms with Crippen LogP contribution in [0.2, 0.25) is 0 Å². The summed E-state index contributed by atoms with van der Waals surface area (Å²) in [6.45, 7) is 0. The molecule has 62 valence electrons. The normalized spacial score (nSPS) is 15.3. The highest BCUT2D eigenvalue weighted by Gasteiger charge is 2.09. The lowest BCUT2D eigenvalue weighted by Crippen LogP contribution is -2.11. The van der Waals surface area contributed by atoms with Gasteiger partial charge in [-0.3, -0.25) is 4.79 Å². The van der Waals surface area contributed by atoms with Gasteiger partial charge in [-0.05, 0) is 37.3 Å². The Labute approximate surface area is 72.1 Å². The fourth-order valence-electron chi connectivity index (χ4n) is 1.81. The summed E-state index contributed by atoms with van der Waals surface area (Å²) < 4.78 is 0. The molecule has 2 rings (SSSR count). The molecule has 0 bridgehead atoms. The van der Waals surface area contributed by atoms with E-state index in [0.717, 1.165) is 18.4 Å². The van der Waals surface area contributed by atoms with Gasteiger partial charge in [0.1, 0.15) is 0 Å².